The molecule has 0 radical (unpaired) electrons. The van der Waals surface area contributed by atoms with Gasteiger partial charge < -0.3 is 10.1 Å². The summed E-state index contributed by atoms with van der Waals surface area (Å²) in [6.45, 7) is 10.9. The molecule has 0 aromatic rings. The van der Waals surface area contributed by atoms with Gasteiger partial charge in [0.15, 0.2) is 0 Å². The lowest BCUT2D eigenvalue weighted by Crippen LogP contribution is -2.52. The topological polar surface area (TPSA) is 24.5 Å². The molecule has 1 rings (SSSR count). The Bertz CT molecular complexity index is 186. The van der Waals surface area contributed by atoms with Crippen LogP contribution in [0.25, 0.3) is 0 Å². The van der Waals surface area contributed by atoms with Gasteiger partial charge >= 0.3 is 0 Å². The molecule has 1 N–H and O–H groups in total. The first kappa shape index (κ1) is 12.9. The number of hydrogen-bond donors (Lipinski definition) is 1. The predicted molar refractivity (Wildman–Crippen MR) is 64.2 cm³/mol. The summed E-state index contributed by atoms with van der Waals surface area (Å²) < 4.78 is 5.64. The Balaban J connectivity index is 2.45. The molecule has 1 aliphatic heterocycles. The van der Waals surface area contributed by atoms with Crippen LogP contribution in [0.3, 0.4) is 0 Å². The van der Waals surface area contributed by atoms with E-state index in [1.165, 1.54) is 6.42 Å². The molecule has 0 spiro atoms. The van der Waals surface area contributed by atoms with Gasteiger partial charge in [0.25, 0.3) is 0 Å². The molecule has 3 heteroatoms. The van der Waals surface area contributed by atoms with E-state index in [9.17, 15) is 0 Å². The third kappa shape index (κ3) is 3.74. The Kier molecular flexibility index (Phi) is 5.03. The van der Waals surface area contributed by atoms with Crippen molar-refractivity contribution in [3.8, 4) is 0 Å². The van der Waals surface area contributed by atoms with E-state index in [0.717, 1.165) is 13.2 Å². The maximum Gasteiger partial charge on any atom is 0.0674 e. The molecule has 15 heavy (non-hydrogen) atoms. The van der Waals surface area contributed by atoms with E-state index in [0.29, 0.717) is 24.2 Å². The average molecular weight is 214 g/mol. The van der Waals surface area contributed by atoms with E-state index in [-0.39, 0.29) is 0 Å². The molecule has 0 aromatic heterocycles. The van der Waals surface area contributed by atoms with Gasteiger partial charge in [-0.25, -0.2) is 0 Å². The molecule has 1 aliphatic rings. The first-order valence-electron chi connectivity index (χ1n) is 6.09. The van der Waals surface area contributed by atoms with Gasteiger partial charge in [0.2, 0.25) is 0 Å². The highest BCUT2D eigenvalue weighted by molar-refractivity contribution is 4.81. The Hall–Kier alpha value is -0.120. The minimum Gasteiger partial charge on any atom is -0.376 e. The average Bonchev–Trinajstić information content (AvgIpc) is 2.21. The summed E-state index contributed by atoms with van der Waals surface area (Å²) >= 11 is 0. The molecule has 1 heterocycles. The normalized spacial score (nSPS) is 32.6. The van der Waals surface area contributed by atoms with Crippen LogP contribution in [-0.4, -0.2) is 49.3 Å². The van der Waals surface area contributed by atoms with Crippen LogP contribution < -0.4 is 5.32 Å². The Morgan fingerprint density at radius 2 is 2.07 bits per heavy atom. The first-order valence-corrected chi connectivity index (χ1v) is 6.09. The van der Waals surface area contributed by atoms with Crippen molar-refractivity contribution in [3.05, 3.63) is 0 Å². The maximum atomic E-state index is 5.64. The summed E-state index contributed by atoms with van der Waals surface area (Å²) in [5.74, 6) is 0. The van der Waals surface area contributed by atoms with E-state index in [1.807, 2.05) is 7.05 Å². The van der Waals surface area contributed by atoms with Gasteiger partial charge in [-0.2, -0.15) is 0 Å². The van der Waals surface area contributed by atoms with Crippen molar-refractivity contribution in [2.24, 2.45) is 0 Å². The van der Waals surface area contributed by atoms with E-state index >= 15 is 0 Å². The summed E-state index contributed by atoms with van der Waals surface area (Å²) in [5.41, 5.74) is 0. The monoisotopic (exact) mass is 214 g/mol. The van der Waals surface area contributed by atoms with Gasteiger partial charge in [0.05, 0.1) is 12.7 Å². The second kappa shape index (κ2) is 5.83. The van der Waals surface area contributed by atoms with E-state index < -0.39 is 0 Å². The fourth-order valence-electron chi connectivity index (χ4n) is 2.31. The lowest BCUT2D eigenvalue weighted by atomic mass is 10.0. The highest BCUT2D eigenvalue weighted by Gasteiger charge is 2.27. The fourth-order valence-corrected chi connectivity index (χ4v) is 2.31. The molecule has 1 fully saturated rings. The summed E-state index contributed by atoms with van der Waals surface area (Å²) in [7, 11) is 2.03. The molecule has 1 saturated heterocycles. The molecule has 0 bridgehead atoms. The third-order valence-electron chi connectivity index (χ3n) is 3.41. The van der Waals surface area contributed by atoms with Gasteiger partial charge in [-0.15, -0.1) is 0 Å². The Morgan fingerprint density at radius 1 is 1.40 bits per heavy atom. The van der Waals surface area contributed by atoms with Gasteiger partial charge in [-0.3, -0.25) is 4.90 Å². The fraction of sp³-hybridized carbons (Fsp3) is 1.00. The van der Waals surface area contributed by atoms with Crippen molar-refractivity contribution in [1.29, 1.82) is 0 Å². The molecule has 4 unspecified atom stereocenters. The van der Waals surface area contributed by atoms with Crippen molar-refractivity contribution >= 4 is 0 Å². The van der Waals surface area contributed by atoms with Crippen molar-refractivity contribution in [1.82, 2.24) is 10.2 Å². The maximum absolute atomic E-state index is 5.64. The summed E-state index contributed by atoms with van der Waals surface area (Å²) in [4.78, 5) is 2.57. The molecule has 0 aromatic carbocycles. The van der Waals surface area contributed by atoms with Crippen LogP contribution in [0.4, 0.5) is 0 Å². The van der Waals surface area contributed by atoms with Gasteiger partial charge in [-0.05, 0) is 41.2 Å². The zero-order valence-corrected chi connectivity index (χ0v) is 10.8. The second-order valence-corrected chi connectivity index (χ2v) is 4.96. The lowest BCUT2D eigenvalue weighted by Gasteiger charge is -2.41. The van der Waals surface area contributed by atoms with Crippen LogP contribution in [0.15, 0.2) is 0 Å². The predicted octanol–water partition coefficient (Wildman–Crippen LogP) is 1.48. The highest BCUT2D eigenvalue weighted by Crippen LogP contribution is 2.17. The molecule has 3 nitrogen and oxygen atoms in total. The number of ether oxygens (including phenoxy) is 1. The molecule has 0 saturated carbocycles. The highest BCUT2D eigenvalue weighted by atomic mass is 16.5. The minimum absolute atomic E-state index is 0.383. The molecule has 0 amide bonds. The standard InChI is InChI=1S/C12H26N2O/c1-9(13-5)6-10(2)14-7-12(4)15-8-11(14)3/h9-13H,6-8H2,1-5H3. The van der Waals surface area contributed by atoms with E-state index in [4.69, 9.17) is 4.74 Å². The molecule has 0 aliphatic carbocycles. The number of rotatable bonds is 4. The van der Waals surface area contributed by atoms with Crippen LogP contribution in [0.2, 0.25) is 0 Å². The molecular weight excluding hydrogens is 188 g/mol. The first-order chi connectivity index (χ1) is 7.04. The minimum atomic E-state index is 0.383. The summed E-state index contributed by atoms with van der Waals surface area (Å²) in [6, 6.07) is 1.78. The zero-order valence-electron chi connectivity index (χ0n) is 10.8. The smallest absolute Gasteiger partial charge is 0.0674 e. The van der Waals surface area contributed by atoms with Crippen molar-refractivity contribution < 1.29 is 4.74 Å². The number of morpholine rings is 1. The molecular formula is C12H26N2O. The van der Waals surface area contributed by atoms with E-state index in [2.05, 4.69) is 37.9 Å². The Labute approximate surface area is 94.2 Å². The summed E-state index contributed by atoms with van der Waals surface area (Å²) in [6.07, 6.45) is 1.58. The quantitative estimate of drug-likeness (QED) is 0.767. The van der Waals surface area contributed by atoms with Gasteiger partial charge in [-0.1, -0.05) is 0 Å². The molecule has 90 valence electrons. The number of nitrogens with zero attached hydrogens (tertiary/aromatic N) is 1. The SMILES string of the molecule is CNC(C)CC(C)N1CC(C)OCC1C. The van der Waals surface area contributed by atoms with Crippen LogP contribution >= 0.6 is 0 Å². The van der Waals surface area contributed by atoms with Crippen molar-refractivity contribution in [3.63, 3.8) is 0 Å². The van der Waals surface area contributed by atoms with Gasteiger partial charge in [0, 0.05) is 24.7 Å². The van der Waals surface area contributed by atoms with Gasteiger partial charge in [0.1, 0.15) is 0 Å². The van der Waals surface area contributed by atoms with Crippen LogP contribution in [0, 0.1) is 0 Å². The van der Waals surface area contributed by atoms with Crippen LogP contribution in [0.5, 0.6) is 0 Å². The van der Waals surface area contributed by atoms with Crippen molar-refractivity contribution in [2.75, 3.05) is 20.2 Å². The second-order valence-electron chi connectivity index (χ2n) is 4.96. The van der Waals surface area contributed by atoms with Crippen LogP contribution in [0.1, 0.15) is 34.1 Å². The number of hydrogen-bond acceptors (Lipinski definition) is 3. The lowest BCUT2D eigenvalue weighted by molar-refractivity contribution is -0.0652. The van der Waals surface area contributed by atoms with E-state index in [1.54, 1.807) is 0 Å². The third-order valence-corrected chi connectivity index (χ3v) is 3.41. The van der Waals surface area contributed by atoms with Crippen LogP contribution in [-0.2, 0) is 4.74 Å². The van der Waals surface area contributed by atoms with Crippen molar-refractivity contribution in [2.45, 2.75) is 58.3 Å². The summed E-state index contributed by atoms with van der Waals surface area (Å²) in [5, 5.41) is 3.30. The molecule has 4 atom stereocenters. The zero-order chi connectivity index (χ0) is 11.4. The largest absolute Gasteiger partial charge is 0.376 e. The Morgan fingerprint density at radius 3 is 2.67 bits per heavy atom. The number of nitrogens with one attached hydrogen (secondary N) is 1.